The molecule has 0 spiro atoms. The van der Waals surface area contributed by atoms with Gasteiger partial charge >= 0.3 is 0 Å². The molecule has 0 aliphatic heterocycles. The fourth-order valence-corrected chi connectivity index (χ4v) is 2.54. The van der Waals surface area contributed by atoms with Crippen LogP contribution < -0.4 is 10.6 Å². The molecule has 0 saturated heterocycles. The van der Waals surface area contributed by atoms with Crippen LogP contribution in [-0.4, -0.2) is 50.0 Å². The van der Waals surface area contributed by atoms with Gasteiger partial charge in [-0.25, -0.2) is 0 Å². The molecule has 0 aliphatic carbocycles. The van der Waals surface area contributed by atoms with E-state index in [1.54, 1.807) is 25.1 Å². The fraction of sp³-hybridized carbons (Fsp3) is 0.533. The van der Waals surface area contributed by atoms with Gasteiger partial charge in [0.2, 0.25) is 0 Å². The number of nitrogens with two attached hydrogens (primary N) is 1. The molecule has 0 fully saturated rings. The molecule has 20 heavy (non-hydrogen) atoms. The SMILES string of the molecule is CSCCC(C)N(C)c1cc(C(=O)N(C)C)ccc1N. The lowest BCUT2D eigenvalue weighted by Gasteiger charge is -2.28. The van der Waals surface area contributed by atoms with Gasteiger partial charge in [-0.05, 0) is 43.6 Å². The van der Waals surface area contributed by atoms with Crippen molar-refractivity contribution in [2.75, 3.05) is 43.8 Å². The van der Waals surface area contributed by atoms with Crippen molar-refractivity contribution in [3.05, 3.63) is 23.8 Å². The zero-order chi connectivity index (χ0) is 15.3. The largest absolute Gasteiger partial charge is 0.397 e. The van der Waals surface area contributed by atoms with Crippen molar-refractivity contribution in [1.29, 1.82) is 0 Å². The first-order valence-electron chi connectivity index (χ1n) is 6.71. The van der Waals surface area contributed by atoms with Gasteiger partial charge in [-0.15, -0.1) is 0 Å². The van der Waals surface area contributed by atoms with Crippen molar-refractivity contribution in [3.8, 4) is 0 Å². The van der Waals surface area contributed by atoms with Crippen LogP contribution in [-0.2, 0) is 0 Å². The Balaban J connectivity index is 2.98. The van der Waals surface area contributed by atoms with E-state index >= 15 is 0 Å². The predicted octanol–water partition coefficient (Wildman–Crippen LogP) is 2.55. The topological polar surface area (TPSA) is 49.6 Å². The van der Waals surface area contributed by atoms with Gasteiger partial charge < -0.3 is 15.5 Å². The Labute approximate surface area is 126 Å². The lowest BCUT2D eigenvalue weighted by Crippen LogP contribution is -2.30. The van der Waals surface area contributed by atoms with E-state index in [1.807, 2.05) is 30.9 Å². The molecule has 0 saturated carbocycles. The minimum atomic E-state index is -0.00332. The first-order valence-corrected chi connectivity index (χ1v) is 8.10. The Morgan fingerprint density at radius 3 is 2.55 bits per heavy atom. The zero-order valence-corrected chi connectivity index (χ0v) is 13.8. The molecule has 1 amide bonds. The van der Waals surface area contributed by atoms with Crippen LogP contribution in [0, 0.1) is 0 Å². The Morgan fingerprint density at radius 1 is 1.35 bits per heavy atom. The van der Waals surface area contributed by atoms with Gasteiger partial charge in [0, 0.05) is 32.7 Å². The average molecular weight is 295 g/mol. The van der Waals surface area contributed by atoms with Gasteiger partial charge in [0.1, 0.15) is 0 Å². The molecule has 5 heteroatoms. The van der Waals surface area contributed by atoms with Crippen LogP contribution in [0.25, 0.3) is 0 Å². The maximum atomic E-state index is 12.0. The number of anilines is 2. The van der Waals surface area contributed by atoms with Gasteiger partial charge in [-0.3, -0.25) is 4.79 Å². The standard InChI is InChI=1S/C15H25N3OS/c1-11(8-9-20-5)18(4)14-10-12(6-7-13(14)16)15(19)17(2)3/h6-7,10-11H,8-9,16H2,1-5H3. The second-order valence-electron chi connectivity index (χ2n) is 5.21. The third-order valence-corrected chi connectivity index (χ3v) is 4.11. The lowest BCUT2D eigenvalue weighted by atomic mass is 10.1. The Kier molecular flexibility index (Phi) is 6.20. The van der Waals surface area contributed by atoms with Gasteiger partial charge in [-0.2, -0.15) is 11.8 Å². The third kappa shape index (κ3) is 4.07. The number of hydrogen-bond acceptors (Lipinski definition) is 4. The summed E-state index contributed by atoms with van der Waals surface area (Å²) in [4.78, 5) is 15.8. The van der Waals surface area contributed by atoms with Gasteiger partial charge in [0.25, 0.3) is 5.91 Å². The Morgan fingerprint density at radius 2 is 2.00 bits per heavy atom. The normalized spacial score (nSPS) is 12.1. The number of thioether (sulfide) groups is 1. The fourth-order valence-electron chi connectivity index (χ4n) is 1.96. The molecule has 0 bridgehead atoms. The number of carbonyl (C=O) groups excluding carboxylic acids is 1. The molecule has 1 rings (SSSR count). The molecule has 112 valence electrons. The predicted molar refractivity (Wildman–Crippen MR) is 89.7 cm³/mol. The summed E-state index contributed by atoms with van der Waals surface area (Å²) in [6.45, 7) is 2.18. The van der Waals surface area contributed by atoms with E-state index in [0.717, 1.165) is 17.9 Å². The van der Waals surface area contributed by atoms with Gasteiger partial charge in [0.15, 0.2) is 0 Å². The summed E-state index contributed by atoms with van der Waals surface area (Å²) in [5, 5.41) is 0. The van der Waals surface area contributed by atoms with Crippen molar-refractivity contribution >= 4 is 29.0 Å². The van der Waals surface area contributed by atoms with E-state index in [1.165, 1.54) is 0 Å². The quantitative estimate of drug-likeness (QED) is 0.819. The molecule has 1 atom stereocenters. The molecule has 0 radical (unpaired) electrons. The third-order valence-electron chi connectivity index (χ3n) is 3.46. The van der Waals surface area contributed by atoms with E-state index in [4.69, 9.17) is 5.73 Å². The minimum Gasteiger partial charge on any atom is -0.397 e. The summed E-state index contributed by atoms with van der Waals surface area (Å²) >= 11 is 1.84. The van der Waals surface area contributed by atoms with E-state index in [9.17, 15) is 4.79 Å². The molecule has 2 N–H and O–H groups in total. The highest BCUT2D eigenvalue weighted by Gasteiger charge is 2.15. The van der Waals surface area contributed by atoms with Crippen molar-refractivity contribution in [1.82, 2.24) is 4.90 Å². The molecule has 0 aliphatic rings. The summed E-state index contributed by atoms with van der Waals surface area (Å²) < 4.78 is 0. The Hall–Kier alpha value is -1.36. The molecule has 0 heterocycles. The van der Waals surface area contributed by atoms with Crippen LogP contribution in [0.5, 0.6) is 0 Å². The molecule has 1 unspecified atom stereocenters. The summed E-state index contributed by atoms with van der Waals surface area (Å²) in [7, 11) is 5.53. The number of rotatable bonds is 6. The van der Waals surface area contributed by atoms with Gasteiger partial charge in [-0.1, -0.05) is 0 Å². The second kappa shape index (κ2) is 7.43. The van der Waals surface area contributed by atoms with Crippen molar-refractivity contribution < 1.29 is 4.79 Å². The van der Waals surface area contributed by atoms with E-state index in [0.29, 0.717) is 17.3 Å². The minimum absolute atomic E-state index is 0.00332. The maximum absolute atomic E-state index is 12.0. The van der Waals surface area contributed by atoms with Crippen molar-refractivity contribution in [3.63, 3.8) is 0 Å². The summed E-state index contributed by atoms with van der Waals surface area (Å²) in [5.41, 5.74) is 8.36. The summed E-state index contributed by atoms with van der Waals surface area (Å²) in [5.74, 6) is 1.11. The van der Waals surface area contributed by atoms with Crippen LogP contribution in [0.1, 0.15) is 23.7 Å². The number of amides is 1. The summed E-state index contributed by atoms with van der Waals surface area (Å²) in [6.07, 6.45) is 3.19. The average Bonchev–Trinajstić information content (AvgIpc) is 2.43. The molecular formula is C15H25N3OS. The van der Waals surface area contributed by atoms with Crippen LogP contribution >= 0.6 is 11.8 Å². The second-order valence-corrected chi connectivity index (χ2v) is 6.20. The first-order chi connectivity index (χ1) is 9.38. The van der Waals surface area contributed by atoms with Crippen molar-refractivity contribution in [2.24, 2.45) is 0 Å². The molecule has 0 aromatic heterocycles. The highest BCUT2D eigenvalue weighted by atomic mass is 32.2. The molecule has 1 aromatic carbocycles. The summed E-state index contributed by atoms with van der Waals surface area (Å²) in [6, 6.07) is 5.85. The number of nitrogens with zero attached hydrogens (tertiary/aromatic N) is 2. The van der Waals surface area contributed by atoms with E-state index in [2.05, 4.69) is 18.1 Å². The van der Waals surface area contributed by atoms with E-state index in [-0.39, 0.29) is 5.91 Å². The Bertz CT molecular complexity index is 462. The van der Waals surface area contributed by atoms with Crippen LogP contribution in [0.3, 0.4) is 0 Å². The number of carbonyl (C=O) groups is 1. The highest BCUT2D eigenvalue weighted by molar-refractivity contribution is 7.98. The maximum Gasteiger partial charge on any atom is 0.253 e. The molecule has 4 nitrogen and oxygen atoms in total. The lowest BCUT2D eigenvalue weighted by molar-refractivity contribution is 0.0827. The van der Waals surface area contributed by atoms with Gasteiger partial charge in [0.05, 0.1) is 11.4 Å². The highest BCUT2D eigenvalue weighted by Crippen LogP contribution is 2.26. The zero-order valence-electron chi connectivity index (χ0n) is 13.0. The smallest absolute Gasteiger partial charge is 0.253 e. The number of hydrogen-bond donors (Lipinski definition) is 1. The van der Waals surface area contributed by atoms with E-state index < -0.39 is 0 Å². The van der Waals surface area contributed by atoms with Crippen LogP contribution in [0.4, 0.5) is 11.4 Å². The van der Waals surface area contributed by atoms with Crippen LogP contribution in [0.2, 0.25) is 0 Å². The first kappa shape index (κ1) is 16.7. The molecular weight excluding hydrogens is 270 g/mol. The van der Waals surface area contributed by atoms with Crippen LogP contribution in [0.15, 0.2) is 18.2 Å². The number of benzene rings is 1. The van der Waals surface area contributed by atoms with Crippen molar-refractivity contribution in [2.45, 2.75) is 19.4 Å². The molecule has 1 aromatic rings. The monoisotopic (exact) mass is 295 g/mol. The number of nitrogen functional groups attached to an aromatic ring is 1.